The lowest BCUT2D eigenvalue weighted by molar-refractivity contribution is -0.156. The first kappa shape index (κ1) is 83.1. The molecule has 4 fully saturated rings. The first-order chi connectivity index (χ1) is 47.9. The van der Waals surface area contributed by atoms with Crippen molar-refractivity contribution < 1.29 is 70.7 Å². The molecule has 6 rings (SSSR count). The highest BCUT2D eigenvalue weighted by Gasteiger charge is 2.50. The molecule has 0 radical (unpaired) electrons. The molecule has 0 aromatic heterocycles. The fraction of sp³-hybridized carbons (Fsp3) is 0.676. The maximum absolute atomic E-state index is 15.6. The van der Waals surface area contributed by atoms with E-state index < -0.39 is 173 Å². The van der Waals surface area contributed by atoms with Crippen molar-refractivity contribution in [3.05, 3.63) is 69.7 Å². The van der Waals surface area contributed by atoms with Crippen molar-refractivity contribution in [2.45, 2.75) is 218 Å². The molecule has 8 atom stereocenters. The van der Waals surface area contributed by atoms with Gasteiger partial charge in [-0.05, 0) is 119 Å². The predicted molar refractivity (Wildman–Crippen MR) is 379 cm³/mol. The largest absolute Gasteiger partial charge is 0.417 e. The monoisotopic (exact) mass is 1450 g/mol. The van der Waals surface area contributed by atoms with Crippen molar-refractivity contribution in [3.63, 3.8) is 0 Å². The molecule has 28 heteroatoms. The van der Waals surface area contributed by atoms with Gasteiger partial charge in [-0.25, -0.2) is 0 Å². The highest BCUT2D eigenvalue weighted by Crippen LogP contribution is 2.37. The Morgan fingerprint density at radius 2 is 1.19 bits per heavy atom. The molecule has 1 spiro atoms. The molecule has 2 aliphatic heterocycles. The van der Waals surface area contributed by atoms with E-state index in [1.54, 1.807) is 25.7 Å². The Labute approximate surface area is 604 Å². The van der Waals surface area contributed by atoms with E-state index >= 15 is 19.2 Å². The summed E-state index contributed by atoms with van der Waals surface area (Å²) in [7, 11) is 11.1. The Morgan fingerprint density at radius 1 is 0.608 bits per heavy atom. The van der Waals surface area contributed by atoms with Crippen LogP contribution in [0.3, 0.4) is 0 Å². The summed E-state index contributed by atoms with van der Waals surface area (Å²) in [5, 5.41) is 8.03. The number of halogens is 4. The van der Waals surface area contributed by atoms with E-state index in [2.05, 4.69) is 16.0 Å². The van der Waals surface area contributed by atoms with Gasteiger partial charge in [-0.1, -0.05) is 127 Å². The van der Waals surface area contributed by atoms with Gasteiger partial charge in [0.05, 0.1) is 36.6 Å². The number of likely N-dealkylation sites (tertiary alicyclic amines) is 1. The molecule has 566 valence electrons. The lowest BCUT2D eigenvalue weighted by Gasteiger charge is -2.42. The summed E-state index contributed by atoms with van der Waals surface area (Å²) in [5.74, 6) is -9.40. The number of carbonyl (C=O) groups excluding carboxylic acids is 12. The Morgan fingerprint density at radius 3 is 1.77 bits per heavy atom. The number of alkyl halides is 3. The summed E-state index contributed by atoms with van der Waals surface area (Å²) in [6.45, 7) is 9.33. The summed E-state index contributed by atoms with van der Waals surface area (Å²) in [6.07, 6.45) is 2.72. The van der Waals surface area contributed by atoms with Gasteiger partial charge in [0.1, 0.15) is 47.8 Å². The highest BCUT2D eigenvalue weighted by molar-refractivity contribution is 6.31. The molecule has 2 saturated heterocycles. The van der Waals surface area contributed by atoms with E-state index in [1.807, 2.05) is 38.1 Å². The fourth-order valence-corrected chi connectivity index (χ4v) is 14.7. The predicted octanol–water partition coefficient (Wildman–Crippen LogP) is 6.25. The van der Waals surface area contributed by atoms with Gasteiger partial charge in [0.25, 0.3) is 0 Å². The molecular formula is C74H110ClF3N12O12. The van der Waals surface area contributed by atoms with Crippen LogP contribution in [0, 0.1) is 24.7 Å². The van der Waals surface area contributed by atoms with Crippen molar-refractivity contribution in [2.75, 3.05) is 89.1 Å². The van der Waals surface area contributed by atoms with Gasteiger partial charge >= 0.3 is 6.18 Å². The van der Waals surface area contributed by atoms with E-state index in [9.17, 15) is 51.5 Å². The van der Waals surface area contributed by atoms with Gasteiger partial charge in [0, 0.05) is 69.5 Å². The first-order valence-electron chi connectivity index (χ1n) is 36.1. The van der Waals surface area contributed by atoms with Crippen LogP contribution in [0.25, 0.3) is 0 Å². The molecule has 2 saturated carbocycles. The Balaban J connectivity index is 1.45. The molecule has 24 nitrogen and oxygen atoms in total. The van der Waals surface area contributed by atoms with Crippen LogP contribution in [-0.2, 0) is 76.6 Å². The maximum Gasteiger partial charge on any atom is 0.417 e. The van der Waals surface area contributed by atoms with Crippen LogP contribution in [0.1, 0.15) is 166 Å². The van der Waals surface area contributed by atoms with Crippen molar-refractivity contribution in [2.24, 2.45) is 17.8 Å². The van der Waals surface area contributed by atoms with Crippen LogP contribution in [0.2, 0.25) is 5.02 Å². The number of benzene rings is 2. The normalized spacial score (nSPS) is 25.0. The number of hydrogen-bond acceptors (Lipinski definition) is 12. The maximum atomic E-state index is 15.6. The van der Waals surface area contributed by atoms with Gasteiger partial charge in [0.15, 0.2) is 0 Å². The summed E-state index contributed by atoms with van der Waals surface area (Å²) >= 11 is 6.19. The van der Waals surface area contributed by atoms with Crippen LogP contribution in [0.15, 0.2) is 42.5 Å². The third-order valence-electron chi connectivity index (χ3n) is 21.5. The minimum absolute atomic E-state index is 0.00310. The minimum atomic E-state index is -4.78. The number of piperidine rings is 1. The molecule has 12 amide bonds. The molecule has 2 aromatic rings. The number of amides is 12. The van der Waals surface area contributed by atoms with Crippen LogP contribution < -0.4 is 16.0 Å². The van der Waals surface area contributed by atoms with Crippen molar-refractivity contribution in [1.82, 2.24) is 60.0 Å². The summed E-state index contributed by atoms with van der Waals surface area (Å²) in [4.78, 5) is 189. The van der Waals surface area contributed by atoms with E-state index in [4.69, 9.17) is 11.6 Å². The molecule has 1 unspecified atom stereocenters. The first-order valence-corrected chi connectivity index (χ1v) is 36.5. The van der Waals surface area contributed by atoms with Gasteiger partial charge < -0.3 is 60.0 Å². The Bertz CT molecular complexity index is 3320. The molecule has 102 heavy (non-hydrogen) atoms. The van der Waals surface area contributed by atoms with E-state index in [1.165, 1.54) is 84.1 Å². The number of nitrogens with zero attached hydrogens (tertiary/aromatic N) is 9. The van der Waals surface area contributed by atoms with Crippen molar-refractivity contribution in [3.8, 4) is 0 Å². The van der Waals surface area contributed by atoms with Gasteiger partial charge in [-0.15, -0.1) is 0 Å². The average molecular weight is 1450 g/mol. The SMILES string of the molecule is CC[C@H](C)[C@@H]1NC(=O)[C@H](C)N(C)C(=O)C[C@@H](C(=O)N2CCCCC2)N(C)C(=O)[C@H](C(C)C)N(C)C(=O)C2(CCCC2)NC(=O)C(CCc2ccc(C)cc2)N(C)C(=O)[C@H](CCc2ccc(C(F)(F)F)c(Cl)c2)NC(=O)CN(C)C(=O)[C@H](CC2CCCCC2)N(C)C(=O)CN(C)C(=O)CN(C)C1=O. The molecular weight excluding hydrogens is 1340 g/mol. The molecule has 4 aliphatic rings. The number of hydrogen-bond donors (Lipinski definition) is 3. The number of rotatable bonds is 12. The smallest absolute Gasteiger partial charge is 0.343 e. The summed E-state index contributed by atoms with van der Waals surface area (Å²) < 4.78 is 41.9. The van der Waals surface area contributed by atoms with Crippen LogP contribution >= 0.6 is 11.6 Å². The number of nitrogens with one attached hydrogen (secondary N) is 3. The number of aryl methyl sites for hydroxylation is 3. The molecule has 2 aliphatic carbocycles. The zero-order valence-electron chi connectivity index (χ0n) is 62.2. The summed E-state index contributed by atoms with van der Waals surface area (Å²) in [5.41, 5.74) is -0.707. The zero-order chi connectivity index (χ0) is 75.8. The topological polar surface area (TPSA) is 270 Å². The molecule has 2 heterocycles. The minimum Gasteiger partial charge on any atom is -0.343 e. The van der Waals surface area contributed by atoms with E-state index in [0.717, 1.165) is 86.3 Å². The lowest BCUT2D eigenvalue weighted by Crippen LogP contribution is -2.65. The van der Waals surface area contributed by atoms with Crippen LogP contribution in [0.4, 0.5) is 13.2 Å². The fourth-order valence-electron chi connectivity index (χ4n) is 14.4. The van der Waals surface area contributed by atoms with Crippen LogP contribution in [-0.4, -0.2) is 252 Å². The lowest BCUT2D eigenvalue weighted by atomic mass is 9.84. The second-order valence-corrected chi connectivity index (χ2v) is 29.8. The Kier molecular flexibility index (Phi) is 30.2. The quantitative estimate of drug-likeness (QED) is 0.213. The number of likely N-dealkylation sites (N-methyl/N-ethyl adjacent to an activating group) is 8. The molecule has 0 bridgehead atoms. The van der Waals surface area contributed by atoms with Crippen molar-refractivity contribution >= 4 is 82.5 Å². The standard InChI is InChI=1S/C74H110ClF3N12O12/c1-15-48(5)63-70(100)84(9)44-61(93)82(7)45-62(94)86(11)57(41-51-24-18-16-19-25-51)68(98)83(8)43-59(91)79-55(34-31-52-30-33-53(54(75)40-52)74(76,77)78)67(97)87(12)56(35-32-50-28-26-47(4)27-29-50)66(96)81-73(36-20-21-37-73)72(102)89(14)64(46(2)3)71(101)88(13)58(69(99)90-38-22-17-23-39-90)42-60(92)85(10)49(6)65(95)80-63/h26-30,33,40,46,48-49,51,55-58,63-64H,15-25,31-32,34-39,41-45H2,1-14H3,(H,79,91)(H,80,95)(H,81,96)/t48-,49-,55-,56?,57-,58-,63-,64-/m0/s1. The second kappa shape index (κ2) is 37.0. The summed E-state index contributed by atoms with van der Waals surface area (Å²) in [6, 6.07) is 1.46. The van der Waals surface area contributed by atoms with E-state index in [0.29, 0.717) is 45.2 Å². The average Bonchev–Trinajstić information content (AvgIpc) is 1.38. The Hall–Kier alpha value is -7.84. The van der Waals surface area contributed by atoms with Crippen molar-refractivity contribution in [1.29, 1.82) is 0 Å². The van der Waals surface area contributed by atoms with E-state index in [-0.39, 0.29) is 56.4 Å². The van der Waals surface area contributed by atoms with Gasteiger partial charge in [-0.3, -0.25) is 57.5 Å². The zero-order valence-corrected chi connectivity index (χ0v) is 63.0. The van der Waals surface area contributed by atoms with Gasteiger partial charge in [0.2, 0.25) is 70.9 Å². The van der Waals surface area contributed by atoms with Gasteiger partial charge in [-0.2, -0.15) is 13.2 Å². The molecule has 2 aromatic carbocycles. The molecule has 3 N–H and O–H groups in total. The third kappa shape index (κ3) is 21.4. The second-order valence-electron chi connectivity index (χ2n) is 29.3. The van der Waals surface area contributed by atoms with Crippen LogP contribution in [0.5, 0.6) is 0 Å². The number of carbonyl (C=O) groups is 12. The highest BCUT2D eigenvalue weighted by atomic mass is 35.5. The third-order valence-corrected chi connectivity index (χ3v) is 21.8.